The van der Waals surface area contributed by atoms with Crippen molar-refractivity contribution < 1.29 is 0 Å². The summed E-state index contributed by atoms with van der Waals surface area (Å²) in [5, 5.41) is 0. The third-order valence-corrected chi connectivity index (χ3v) is 25.9. The van der Waals surface area contributed by atoms with E-state index >= 15 is 0 Å². The molecule has 3 aliphatic rings. The molecule has 0 spiro atoms. The Morgan fingerprint density at radius 1 is 0.202 bits per heavy atom. The standard InChI is InChI=1S/C117H112N2/c1-112(2,3)85-53-43-76(44-54-85)95-39-29-40-96(77-45-55-86(56-46-77)113(4,5)6)110(95)118-103-65-51-82(91-63-61-89(116(13,14)15)72-99(91)74-31-21-19-22-32-74)68-101(103)108-102-69-83(92-64-62-90(117(16,17)18)73-100(92)75-33-23-20-24-34-75)52-66-104(102)119(106-71-84(70-105(118)109(106)108)107-93-37-27-25-35-80(93)67-81-36-26-28-38-94(81)107)111-97(78-47-57-87(58-48-78)114(7,8)9)41-30-42-98(111)79-49-59-88(60-50-79)115(10,11)12/h19-66,68-73,107-108H,67H2,1-18H3. The number of hydrogen-bond acceptors (Lipinski definition) is 2. The number of anilines is 6. The van der Waals surface area contributed by atoms with Gasteiger partial charge in [0.05, 0.1) is 34.1 Å². The monoisotopic (exact) mass is 1540 g/mol. The molecular weight excluding hydrogens is 1430 g/mol. The third-order valence-electron chi connectivity index (χ3n) is 25.9. The molecule has 0 saturated carbocycles. The summed E-state index contributed by atoms with van der Waals surface area (Å²) in [6.07, 6.45) is 0.861. The van der Waals surface area contributed by atoms with Crippen molar-refractivity contribution in [2.75, 3.05) is 9.80 Å². The van der Waals surface area contributed by atoms with Crippen LogP contribution < -0.4 is 9.80 Å². The van der Waals surface area contributed by atoms with Crippen LogP contribution in [0.4, 0.5) is 34.1 Å². The topological polar surface area (TPSA) is 6.48 Å². The minimum Gasteiger partial charge on any atom is -0.309 e. The Hall–Kier alpha value is -12.1. The minimum atomic E-state index is -0.332. The molecule has 18 rings (SSSR count). The third kappa shape index (κ3) is 14.4. The molecule has 2 heteroatoms. The van der Waals surface area contributed by atoms with Gasteiger partial charge in [0, 0.05) is 39.7 Å². The quantitative estimate of drug-likeness (QED) is 0.127. The van der Waals surface area contributed by atoms with Crippen LogP contribution in [0, 0.1) is 0 Å². The maximum absolute atomic E-state index is 2.77. The molecular formula is C117H112N2. The predicted molar refractivity (Wildman–Crippen MR) is 509 cm³/mol. The van der Waals surface area contributed by atoms with Gasteiger partial charge >= 0.3 is 0 Å². The molecule has 0 unspecified atom stereocenters. The first kappa shape index (κ1) is 78.1. The highest BCUT2D eigenvalue weighted by atomic mass is 15.2. The highest BCUT2D eigenvalue weighted by molar-refractivity contribution is 6.07. The smallest absolute Gasteiger partial charge is 0.0618 e. The highest BCUT2D eigenvalue weighted by Crippen LogP contribution is 2.66. The van der Waals surface area contributed by atoms with Gasteiger partial charge < -0.3 is 9.80 Å². The number of hydrogen-bond donors (Lipinski definition) is 0. The fourth-order valence-corrected chi connectivity index (χ4v) is 19.0. The van der Waals surface area contributed by atoms with E-state index in [0.29, 0.717) is 0 Å². The van der Waals surface area contributed by atoms with Crippen LogP contribution in [0.5, 0.6) is 0 Å². The molecule has 0 fully saturated rings. The lowest BCUT2D eigenvalue weighted by Crippen LogP contribution is -2.31. The van der Waals surface area contributed by atoms with E-state index in [1.807, 2.05) is 0 Å². The first-order valence-corrected chi connectivity index (χ1v) is 43.1. The minimum absolute atomic E-state index is 0.0644. The van der Waals surface area contributed by atoms with Gasteiger partial charge in [-0.1, -0.05) is 416 Å². The Balaban J connectivity index is 1.04. The van der Waals surface area contributed by atoms with Gasteiger partial charge in [0.15, 0.2) is 0 Å². The van der Waals surface area contributed by atoms with Crippen LogP contribution in [0.1, 0.15) is 214 Å². The Bertz CT molecular complexity index is 5850. The molecule has 2 heterocycles. The van der Waals surface area contributed by atoms with Crippen LogP contribution in [0.2, 0.25) is 0 Å². The maximum atomic E-state index is 2.77. The van der Waals surface area contributed by atoms with E-state index in [2.05, 4.69) is 462 Å². The fraction of sp³-hybridized carbons (Fsp3) is 0.231. The Morgan fingerprint density at radius 2 is 0.487 bits per heavy atom. The highest BCUT2D eigenvalue weighted by Gasteiger charge is 2.45. The summed E-state index contributed by atoms with van der Waals surface area (Å²) < 4.78 is 0. The second-order valence-electron chi connectivity index (χ2n) is 40.1. The molecule has 0 saturated heterocycles. The molecule has 15 aromatic carbocycles. The molecule has 2 aliphatic heterocycles. The average Bonchev–Trinajstić information content (AvgIpc) is 0.684. The van der Waals surface area contributed by atoms with Gasteiger partial charge in [-0.2, -0.15) is 0 Å². The van der Waals surface area contributed by atoms with Gasteiger partial charge in [-0.15, -0.1) is 0 Å². The van der Waals surface area contributed by atoms with E-state index in [1.54, 1.807) is 0 Å². The summed E-state index contributed by atoms with van der Waals surface area (Å²) >= 11 is 0. The van der Waals surface area contributed by atoms with Crippen LogP contribution in [-0.4, -0.2) is 0 Å². The van der Waals surface area contributed by atoms with Gasteiger partial charge in [0.2, 0.25) is 0 Å². The number of nitrogens with zero attached hydrogens (tertiary/aromatic N) is 2. The molecule has 0 radical (unpaired) electrons. The van der Waals surface area contributed by atoms with Gasteiger partial charge in [0.1, 0.15) is 0 Å². The van der Waals surface area contributed by atoms with E-state index in [1.165, 1.54) is 122 Å². The zero-order valence-electron chi connectivity index (χ0n) is 72.9. The van der Waals surface area contributed by atoms with Gasteiger partial charge in [-0.05, 0) is 214 Å². The normalized spacial score (nSPS) is 13.7. The first-order valence-electron chi connectivity index (χ1n) is 43.1. The summed E-state index contributed by atoms with van der Waals surface area (Å²) in [6, 6.07) is 128. The molecule has 15 aromatic rings. The Kier molecular flexibility index (Phi) is 19.3. The maximum Gasteiger partial charge on any atom is 0.0618 e. The van der Waals surface area contributed by atoms with E-state index in [4.69, 9.17) is 0 Å². The largest absolute Gasteiger partial charge is 0.309 e. The zero-order valence-corrected chi connectivity index (χ0v) is 72.9. The van der Waals surface area contributed by atoms with Gasteiger partial charge in [-0.25, -0.2) is 0 Å². The van der Waals surface area contributed by atoms with Crippen molar-refractivity contribution in [1.82, 2.24) is 0 Å². The zero-order chi connectivity index (χ0) is 83.0. The molecule has 0 atom stereocenters. The summed E-state index contributed by atoms with van der Waals surface area (Å²) in [6.45, 7) is 42.0. The van der Waals surface area contributed by atoms with Gasteiger partial charge in [0.25, 0.3) is 0 Å². The Morgan fingerprint density at radius 3 is 0.807 bits per heavy atom. The SMILES string of the molecule is CC(C)(C)c1ccc(-c2cccc(-c3ccc(C(C)(C)C)cc3)c2N2c3ccc(-c4ccc(C(C)(C)C)cc4-c4ccccc4)cc3C3c4cc(-c5ccc(C(C)(C)C)cc5-c5ccccc5)ccc4N(c4c(-c5ccc(C(C)(C)C)cc5)cccc4-c4ccc(C(C)(C)C)cc4)c4cc(C5c6ccccc6Cc6ccccc65)cc2c43)cc1. The lowest BCUT2D eigenvalue weighted by Gasteiger charge is -2.47. The molecule has 2 nitrogen and oxygen atoms in total. The van der Waals surface area contributed by atoms with Crippen molar-refractivity contribution in [3.63, 3.8) is 0 Å². The van der Waals surface area contributed by atoms with Crippen molar-refractivity contribution in [3.05, 3.63) is 405 Å². The molecule has 119 heavy (non-hydrogen) atoms. The average molecular weight is 1550 g/mol. The van der Waals surface area contributed by atoms with E-state index in [-0.39, 0.29) is 44.3 Å². The van der Waals surface area contributed by atoms with E-state index in [9.17, 15) is 0 Å². The van der Waals surface area contributed by atoms with Crippen LogP contribution >= 0.6 is 0 Å². The van der Waals surface area contributed by atoms with Crippen molar-refractivity contribution in [2.45, 2.75) is 175 Å². The summed E-state index contributed by atoms with van der Waals surface area (Å²) in [5.74, 6) is -0.470. The molecule has 0 aromatic heterocycles. The molecule has 0 bridgehead atoms. The second kappa shape index (κ2) is 29.5. The van der Waals surface area contributed by atoms with Crippen molar-refractivity contribution in [1.29, 1.82) is 0 Å². The van der Waals surface area contributed by atoms with Crippen LogP contribution in [-0.2, 0) is 38.9 Å². The van der Waals surface area contributed by atoms with Crippen molar-refractivity contribution >= 4 is 34.1 Å². The van der Waals surface area contributed by atoms with Crippen molar-refractivity contribution in [3.8, 4) is 89.0 Å². The Labute approximate surface area is 709 Å². The van der Waals surface area contributed by atoms with Gasteiger partial charge in [-0.3, -0.25) is 0 Å². The number of benzene rings is 15. The lowest BCUT2D eigenvalue weighted by atomic mass is 9.71. The molecule has 590 valence electrons. The van der Waals surface area contributed by atoms with Crippen LogP contribution in [0.15, 0.2) is 328 Å². The van der Waals surface area contributed by atoms with Crippen LogP contribution in [0.25, 0.3) is 89.0 Å². The molecule has 1 aliphatic carbocycles. The first-order chi connectivity index (χ1) is 56.8. The lowest BCUT2D eigenvalue weighted by molar-refractivity contribution is 0.590. The number of rotatable bonds is 11. The summed E-state index contributed by atoms with van der Waals surface area (Å²) in [5.41, 5.74) is 43.3. The molecule has 0 N–H and O–H groups in total. The fourth-order valence-electron chi connectivity index (χ4n) is 19.0. The second-order valence-corrected chi connectivity index (χ2v) is 40.1. The van der Waals surface area contributed by atoms with E-state index in [0.717, 1.165) is 85.1 Å². The summed E-state index contributed by atoms with van der Waals surface area (Å²) in [7, 11) is 0. The summed E-state index contributed by atoms with van der Waals surface area (Å²) in [4.78, 5) is 5.54. The number of para-hydroxylation sites is 2. The number of fused-ring (bicyclic) bond motifs is 6. The molecule has 0 amide bonds. The van der Waals surface area contributed by atoms with Crippen molar-refractivity contribution in [2.24, 2.45) is 0 Å². The van der Waals surface area contributed by atoms with E-state index < -0.39 is 0 Å². The van der Waals surface area contributed by atoms with Crippen LogP contribution in [0.3, 0.4) is 0 Å². The predicted octanol–water partition coefficient (Wildman–Crippen LogP) is 32.6.